The predicted molar refractivity (Wildman–Crippen MR) is 103 cm³/mol. The fourth-order valence-corrected chi connectivity index (χ4v) is 3.44. The molecule has 4 rings (SSSR count). The van der Waals surface area contributed by atoms with E-state index in [2.05, 4.69) is 35.9 Å². The van der Waals surface area contributed by atoms with E-state index in [4.69, 9.17) is 17.0 Å². The number of ether oxygens (including phenoxy) is 1. The first-order chi connectivity index (χ1) is 12.1. The van der Waals surface area contributed by atoms with Gasteiger partial charge in [-0.25, -0.2) is 0 Å². The number of thiocarbonyl (C=S) groups is 1. The third-order valence-electron chi connectivity index (χ3n) is 4.32. The summed E-state index contributed by atoms with van der Waals surface area (Å²) >= 11 is 5.64. The Labute approximate surface area is 150 Å². The van der Waals surface area contributed by atoms with Gasteiger partial charge in [0.15, 0.2) is 5.05 Å². The van der Waals surface area contributed by atoms with Crippen molar-refractivity contribution < 1.29 is 14.4 Å². The Bertz CT molecular complexity index is 1050. The van der Waals surface area contributed by atoms with Gasteiger partial charge in [0.1, 0.15) is 18.5 Å². The molecule has 0 atom stereocenters. The number of fused-ring (bicyclic) bond motifs is 2. The first kappa shape index (κ1) is 15.5. The lowest BCUT2D eigenvalue weighted by Gasteiger charge is -2.12. The zero-order chi connectivity index (χ0) is 17.4. The van der Waals surface area contributed by atoms with Crippen molar-refractivity contribution in [2.75, 3.05) is 0 Å². The number of nitrogens with zero attached hydrogens (tertiary/aromatic N) is 1. The molecule has 0 saturated heterocycles. The number of benzene rings is 3. The monoisotopic (exact) mass is 346 g/mol. The third kappa shape index (κ3) is 2.71. The summed E-state index contributed by atoms with van der Waals surface area (Å²) in [5.74, 6) is 0.796. The number of aromatic hydroxyl groups is 1. The predicted octanol–water partition coefficient (Wildman–Crippen LogP) is 4.28. The van der Waals surface area contributed by atoms with Crippen LogP contribution in [-0.4, -0.2) is 10.2 Å². The summed E-state index contributed by atoms with van der Waals surface area (Å²) in [6, 6.07) is 22.9. The van der Waals surface area contributed by atoms with Gasteiger partial charge in [0.05, 0.1) is 16.3 Å². The van der Waals surface area contributed by atoms with Gasteiger partial charge < -0.3 is 9.84 Å². The van der Waals surface area contributed by atoms with Crippen molar-refractivity contribution in [3.63, 3.8) is 0 Å². The van der Waals surface area contributed by atoms with Gasteiger partial charge in [-0.05, 0) is 48.6 Å². The molecule has 3 aromatic carbocycles. The summed E-state index contributed by atoms with van der Waals surface area (Å²) < 4.78 is 8.09. The first-order valence-electron chi connectivity index (χ1n) is 7.96. The summed E-state index contributed by atoms with van der Waals surface area (Å²) in [6.45, 7) is 0. The number of hydrogen-bond acceptors (Lipinski definition) is 3. The molecule has 0 fully saturated rings. The SMILES string of the molecule is C[n+]1c2ccccc2c(C(=S)Oc2ccc(O)cc2)c2ccccc21. The standard InChI is InChI=1S/C21H15NO2S/c1-22-18-8-4-2-6-16(18)20(17-7-3-5-9-19(17)22)21(25)24-15-12-10-14(23)11-13-15/h2-13H,1H3/p+1. The topological polar surface area (TPSA) is 33.3 Å². The average molecular weight is 346 g/mol. The van der Waals surface area contributed by atoms with Gasteiger partial charge in [0, 0.05) is 12.1 Å². The quantitative estimate of drug-likeness (QED) is 0.334. The minimum absolute atomic E-state index is 0.195. The van der Waals surface area contributed by atoms with E-state index in [0.717, 1.165) is 27.4 Å². The van der Waals surface area contributed by atoms with Crippen LogP contribution in [-0.2, 0) is 7.05 Å². The number of aryl methyl sites for hydroxylation is 1. The van der Waals surface area contributed by atoms with Crippen molar-refractivity contribution >= 4 is 39.1 Å². The van der Waals surface area contributed by atoms with E-state index in [0.29, 0.717) is 10.8 Å². The molecule has 0 aliphatic rings. The lowest BCUT2D eigenvalue weighted by molar-refractivity contribution is -0.617. The average Bonchev–Trinajstić information content (AvgIpc) is 2.64. The van der Waals surface area contributed by atoms with Crippen molar-refractivity contribution in [3.8, 4) is 11.5 Å². The highest BCUT2D eigenvalue weighted by Gasteiger charge is 2.21. The molecular weight excluding hydrogens is 330 g/mol. The summed E-state index contributed by atoms with van der Waals surface area (Å²) in [4.78, 5) is 0. The van der Waals surface area contributed by atoms with Crippen LogP contribution in [0.25, 0.3) is 21.8 Å². The Morgan fingerprint density at radius 1 is 0.840 bits per heavy atom. The fraction of sp³-hybridized carbons (Fsp3) is 0.0476. The Kier molecular flexibility index (Phi) is 3.82. The Balaban J connectivity index is 1.93. The van der Waals surface area contributed by atoms with Crippen LogP contribution in [0, 0.1) is 0 Å². The smallest absolute Gasteiger partial charge is 0.213 e. The number of phenols is 1. The van der Waals surface area contributed by atoms with E-state index in [1.807, 2.05) is 24.3 Å². The van der Waals surface area contributed by atoms with Gasteiger partial charge in [-0.1, -0.05) is 24.3 Å². The second-order valence-electron chi connectivity index (χ2n) is 5.85. The maximum atomic E-state index is 9.43. The number of hydrogen-bond donors (Lipinski definition) is 1. The molecule has 3 nitrogen and oxygen atoms in total. The van der Waals surface area contributed by atoms with Crippen molar-refractivity contribution in [2.24, 2.45) is 7.05 Å². The molecule has 0 aliphatic heterocycles. The van der Waals surface area contributed by atoms with Crippen molar-refractivity contribution in [1.82, 2.24) is 0 Å². The number of para-hydroxylation sites is 2. The minimum atomic E-state index is 0.195. The second-order valence-corrected chi connectivity index (χ2v) is 6.22. The van der Waals surface area contributed by atoms with Gasteiger partial charge in [-0.2, -0.15) is 4.57 Å². The fourth-order valence-electron chi connectivity index (χ4n) is 3.12. The molecule has 0 amide bonds. The van der Waals surface area contributed by atoms with Gasteiger partial charge in [0.2, 0.25) is 11.0 Å². The molecule has 0 spiro atoms. The van der Waals surface area contributed by atoms with E-state index in [1.165, 1.54) is 0 Å². The Morgan fingerprint density at radius 2 is 1.36 bits per heavy atom. The summed E-state index contributed by atoms with van der Waals surface area (Å²) in [5.41, 5.74) is 3.09. The van der Waals surface area contributed by atoms with Crippen LogP contribution in [0.3, 0.4) is 0 Å². The molecular formula is C21H16NO2S+. The number of pyridine rings is 1. The van der Waals surface area contributed by atoms with E-state index >= 15 is 0 Å². The third-order valence-corrected chi connectivity index (χ3v) is 4.61. The molecule has 4 aromatic rings. The molecule has 4 heteroatoms. The zero-order valence-corrected chi connectivity index (χ0v) is 14.5. The van der Waals surface area contributed by atoms with Gasteiger partial charge in [-0.15, -0.1) is 0 Å². The van der Waals surface area contributed by atoms with Crippen LogP contribution in [0.2, 0.25) is 0 Å². The van der Waals surface area contributed by atoms with Crippen LogP contribution >= 0.6 is 12.2 Å². The summed E-state index contributed by atoms with van der Waals surface area (Å²) in [5, 5.41) is 11.9. The van der Waals surface area contributed by atoms with Crippen molar-refractivity contribution in [3.05, 3.63) is 78.4 Å². The second kappa shape index (κ2) is 6.15. The number of aromatic nitrogens is 1. The van der Waals surface area contributed by atoms with Crippen LogP contribution in [0.1, 0.15) is 5.56 Å². The van der Waals surface area contributed by atoms with Crippen LogP contribution in [0.4, 0.5) is 0 Å². The van der Waals surface area contributed by atoms with E-state index in [1.54, 1.807) is 24.3 Å². The van der Waals surface area contributed by atoms with Gasteiger partial charge in [-0.3, -0.25) is 0 Å². The lowest BCUT2D eigenvalue weighted by atomic mass is 10.0. The highest BCUT2D eigenvalue weighted by atomic mass is 32.1. The molecule has 0 radical (unpaired) electrons. The molecule has 25 heavy (non-hydrogen) atoms. The molecule has 1 aromatic heterocycles. The molecule has 0 saturated carbocycles. The number of phenolic OH excluding ortho intramolecular Hbond substituents is 1. The van der Waals surface area contributed by atoms with E-state index < -0.39 is 0 Å². The Morgan fingerprint density at radius 3 is 1.92 bits per heavy atom. The van der Waals surface area contributed by atoms with Crippen LogP contribution in [0.15, 0.2) is 72.8 Å². The van der Waals surface area contributed by atoms with E-state index in [-0.39, 0.29) is 5.75 Å². The largest absolute Gasteiger partial charge is 0.508 e. The highest BCUT2D eigenvalue weighted by molar-refractivity contribution is 7.80. The summed E-state index contributed by atoms with van der Waals surface area (Å²) in [6.07, 6.45) is 0. The number of rotatable bonds is 2. The molecule has 0 bridgehead atoms. The van der Waals surface area contributed by atoms with Crippen LogP contribution < -0.4 is 9.30 Å². The molecule has 122 valence electrons. The highest BCUT2D eigenvalue weighted by Crippen LogP contribution is 2.27. The van der Waals surface area contributed by atoms with E-state index in [9.17, 15) is 5.11 Å². The Hall–Kier alpha value is -2.98. The van der Waals surface area contributed by atoms with Crippen LogP contribution in [0.5, 0.6) is 11.5 Å². The zero-order valence-electron chi connectivity index (χ0n) is 13.6. The van der Waals surface area contributed by atoms with Gasteiger partial charge in [0.25, 0.3) is 0 Å². The molecule has 0 unspecified atom stereocenters. The summed E-state index contributed by atoms with van der Waals surface area (Å²) in [7, 11) is 2.05. The molecule has 1 N–H and O–H groups in total. The molecule has 1 heterocycles. The van der Waals surface area contributed by atoms with Gasteiger partial charge >= 0.3 is 0 Å². The minimum Gasteiger partial charge on any atom is -0.508 e. The maximum absolute atomic E-state index is 9.43. The lowest BCUT2D eigenvalue weighted by Crippen LogP contribution is -2.31. The maximum Gasteiger partial charge on any atom is 0.213 e. The molecule has 0 aliphatic carbocycles. The van der Waals surface area contributed by atoms with Crippen molar-refractivity contribution in [1.29, 1.82) is 0 Å². The first-order valence-corrected chi connectivity index (χ1v) is 8.36. The van der Waals surface area contributed by atoms with Crippen molar-refractivity contribution in [2.45, 2.75) is 0 Å². The normalized spacial score (nSPS) is 10.9.